The smallest absolute Gasteiger partial charge is 0.320 e. The van der Waals surface area contributed by atoms with Gasteiger partial charge >= 0.3 is 6.03 Å². The quantitative estimate of drug-likeness (QED) is 0.719. The molecule has 3 rings (SSSR count). The number of pyridine rings is 1. The van der Waals surface area contributed by atoms with Gasteiger partial charge in [-0.2, -0.15) is 0 Å². The maximum absolute atomic E-state index is 11.6. The summed E-state index contributed by atoms with van der Waals surface area (Å²) < 4.78 is 0. The molecular formula is C15H14N6OS. The molecule has 0 aliphatic rings. The number of nitrogens with zero attached hydrogens (tertiary/aromatic N) is 4. The summed E-state index contributed by atoms with van der Waals surface area (Å²) in [6, 6.07) is 3.09. The van der Waals surface area contributed by atoms with Crippen molar-refractivity contribution in [2.45, 2.75) is 6.92 Å². The first-order valence-corrected chi connectivity index (χ1v) is 7.76. The SMILES string of the molecule is C=CCNC(=O)Nc1ccc2ncc(-c3nc(C)cs3)nc2n1. The molecule has 23 heavy (non-hydrogen) atoms. The highest BCUT2D eigenvalue weighted by atomic mass is 32.1. The Labute approximate surface area is 136 Å². The Hall–Kier alpha value is -2.87. The van der Waals surface area contributed by atoms with E-state index in [1.54, 1.807) is 24.4 Å². The molecule has 0 atom stereocenters. The fourth-order valence-corrected chi connectivity index (χ4v) is 2.62. The molecule has 0 radical (unpaired) electrons. The number of amides is 2. The number of anilines is 1. The maximum Gasteiger partial charge on any atom is 0.320 e. The van der Waals surface area contributed by atoms with E-state index in [1.165, 1.54) is 11.3 Å². The number of carbonyl (C=O) groups is 1. The molecule has 0 fully saturated rings. The number of urea groups is 1. The molecule has 116 valence electrons. The summed E-state index contributed by atoms with van der Waals surface area (Å²) >= 11 is 1.50. The number of hydrogen-bond donors (Lipinski definition) is 2. The van der Waals surface area contributed by atoms with Crippen LogP contribution < -0.4 is 10.6 Å². The molecule has 0 bridgehead atoms. The van der Waals surface area contributed by atoms with Crippen molar-refractivity contribution < 1.29 is 4.79 Å². The highest BCUT2D eigenvalue weighted by Crippen LogP contribution is 2.22. The van der Waals surface area contributed by atoms with E-state index in [0.29, 0.717) is 29.2 Å². The van der Waals surface area contributed by atoms with Crippen LogP contribution in [0.15, 0.2) is 36.4 Å². The summed E-state index contributed by atoms with van der Waals surface area (Å²) in [4.78, 5) is 29.2. The third kappa shape index (κ3) is 3.49. The molecule has 0 aliphatic heterocycles. The van der Waals surface area contributed by atoms with E-state index >= 15 is 0 Å². The highest BCUT2D eigenvalue weighted by molar-refractivity contribution is 7.13. The fourth-order valence-electron chi connectivity index (χ4n) is 1.87. The Morgan fingerprint density at radius 2 is 2.22 bits per heavy atom. The lowest BCUT2D eigenvalue weighted by molar-refractivity contribution is 0.253. The van der Waals surface area contributed by atoms with Gasteiger partial charge in [-0.1, -0.05) is 6.08 Å². The standard InChI is InChI=1S/C15H14N6OS/c1-3-6-16-15(22)21-12-5-4-10-13(20-12)19-11(7-17-10)14-18-9(2)8-23-14/h3-5,7-8H,1,6H2,2H3,(H2,16,19,20,21,22). The van der Waals surface area contributed by atoms with Gasteiger partial charge in [-0.05, 0) is 19.1 Å². The van der Waals surface area contributed by atoms with Gasteiger partial charge in [0.1, 0.15) is 22.0 Å². The summed E-state index contributed by atoms with van der Waals surface area (Å²) in [5.41, 5.74) is 2.71. The number of hydrogen-bond acceptors (Lipinski definition) is 6. The Morgan fingerprint density at radius 1 is 1.35 bits per heavy atom. The molecule has 2 amide bonds. The van der Waals surface area contributed by atoms with Crippen molar-refractivity contribution in [2.24, 2.45) is 0 Å². The first-order valence-electron chi connectivity index (χ1n) is 6.88. The van der Waals surface area contributed by atoms with Gasteiger partial charge in [0.25, 0.3) is 0 Å². The van der Waals surface area contributed by atoms with Crippen LogP contribution in [-0.4, -0.2) is 32.5 Å². The molecule has 3 aromatic rings. The number of fused-ring (bicyclic) bond motifs is 1. The topological polar surface area (TPSA) is 92.7 Å². The van der Waals surface area contributed by atoms with Crippen molar-refractivity contribution in [1.29, 1.82) is 0 Å². The van der Waals surface area contributed by atoms with Crippen molar-refractivity contribution in [1.82, 2.24) is 25.3 Å². The summed E-state index contributed by atoms with van der Waals surface area (Å²) in [5, 5.41) is 8.01. The summed E-state index contributed by atoms with van der Waals surface area (Å²) in [5.74, 6) is 0.404. The van der Waals surface area contributed by atoms with E-state index in [9.17, 15) is 4.79 Å². The van der Waals surface area contributed by atoms with Crippen molar-refractivity contribution in [3.63, 3.8) is 0 Å². The van der Waals surface area contributed by atoms with Gasteiger partial charge in [0.2, 0.25) is 0 Å². The van der Waals surface area contributed by atoms with E-state index in [-0.39, 0.29) is 6.03 Å². The van der Waals surface area contributed by atoms with E-state index < -0.39 is 0 Å². The van der Waals surface area contributed by atoms with Crippen LogP contribution in [0.5, 0.6) is 0 Å². The second kappa shape index (κ2) is 6.49. The number of thiazole rings is 1. The third-order valence-electron chi connectivity index (χ3n) is 2.89. The van der Waals surface area contributed by atoms with Gasteiger partial charge in [-0.3, -0.25) is 10.3 Å². The normalized spacial score (nSPS) is 10.5. The lowest BCUT2D eigenvalue weighted by Gasteiger charge is -2.06. The Kier molecular flexibility index (Phi) is 4.24. The molecule has 0 unspecified atom stereocenters. The van der Waals surface area contributed by atoms with Crippen LogP contribution in [0.1, 0.15) is 5.69 Å². The van der Waals surface area contributed by atoms with Crippen molar-refractivity contribution in [3.8, 4) is 10.7 Å². The van der Waals surface area contributed by atoms with Gasteiger partial charge in [-0.25, -0.2) is 19.7 Å². The van der Waals surface area contributed by atoms with Crippen molar-refractivity contribution in [3.05, 3.63) is 42.1 Å². The van der Waals surface area contributed by atoms with Crippen LogP contribution in [-0.2, 0) is 0 Å². The molecule has 0 aromatic carbocycles. The second-order valence-electron chi connectivity index (χ2n) is 4.71. The monoisotopic (exact) mass is 326 g/mol. The first kappa shape index (κ1) is 15.0. The third-order valence-corrected chi connectivity index (χ3v) is 3.88. The van der Waals surface area contributed by atoms with Crippen LogP contribution >= 0.6 is 11.3 Å². The Bertz CT molecular complexity index is 875. The predicted molar refractivity (Wildman–Crippen MR) is 90.4 cm³/mol. The number of nitrogens with one attached hydrogen (secondary N) is 2. The minimum absolute atomic E-state index is 0.351. The molecule has 7 nitrogen and oxygen atoms in total. The first-order chi connectivity index (χ1) is 11.2. The minimum atomic E-state index is -0.351. The predicted octanol–water partition coefficient (Wildman–Crippen LogP) is 2.76. The van der Waals surface area contributed by atoms with E-state index in [1.807, 2.05) is 12.3 Å². The van der Waals surface area contributed by atoms with Crippen LogP contribution in [0.4, 0.5) is 10.6 Å². The van der Waals surface area contributed by atoms with Crippen LogP contribution in [0, 0.1) is 6.92 Å². The number of aromatic nitrogens is 4. The van der Waals surface area contributed by atoms with E-state index in [2.05, 4.69) is 37.1 Å². The lowest BCUT2D eigenvalue weighted by Crippen LogP contribution is -2.28. The lowest BCUT2D eigenvalue weighted by atomic mass is 10.3. The number of carbonyl (C=O) groups excluding carboxylic acids is 1. The zero-order valence-corrected chi connectivity index (χ0v) is 13.2. The zero-order chi connectivity index (χ0) is 16.2. The average molecular weight is 326 g/mol. The molecule has 0 aliphatic carbocycles. The molecule has 0 saturated carbocycles. The van der Waals surface area contributed by atoms with Crippen LogP contribution in [0.2, 0.25) is 0 Å². The highest BCUT2D eigenvalue weighted by Gasteiger charge is 2.09. The summed E-state index contributed by atoms with van der Waals surface area (Å²) in [6.07, 6.45) is 3.27. The Balaban J connectivity index is 1.88. The summed E-state index contributed by atoms with van der Waals surface area (Å²) in [6.45, 7) is 5.85. The maximum atomic E-state index is 11.6. The number of rotatable bonds is 4. The van der Waals surface area contributed by atoms with Gasteiger partial charge < -0.3 is 5.32 Å². The number of aryl methyl sites for hydroxylation is 1. The fraction of sp³-hybridized carbons (Fsp3) is 0.133. The van der Waals surface area contributed by atoms with Gasteiger partial charge in [0.15, 0.2) is 5.65 Å². The molecule has 3 heterocycles. The molecule has 0 spiro atoms. The van der Waals surface area contributed by atoms with E-state index in [4.69, 9.17) is 0 Å². The van der Waals surface area contributed by atoms with Gasteiger partial charge in [0.05, 0.1) is 6.20 Å². The van der Waals surface area contributed by atoms with E-state index in [0.717, 1.165) is 10.7 Å². The van der Waals surface area contributed by atoms with Crippen LogP contribution in [0.3, 0.4) is 0 Å². The molecule has 3 aromatic heterocycles. The largest absolute Gasteiger partial charge is 0.334 e. The molecule has 0 saturated heterocycles. The van der Waals surface area contributed by atoms with Gasteiger partial charge in [-0.15, -0.1) is 17.9 Å². The summed E-state index contributed by atoms with van der Waals surface area (Å²) in [7, 11) is 0. The molecular weight excluding hydrogens is 312 g/mol. The minimum Gasteiger partial charge on any atom is -0.334 e. The molecule has 2 N–H and O–H groups in total. The van der Waals surface area contributed by atoms with Gasteiger partial charge in [0, 0.05) is 17.6 Å². The molecule has 8 heteroatoms. The Morgan fingerprint density at radius 3 is 2.96 bits per heavy atom. The van der Waals surface area contributed by atoms with Crippen molar-refractivity contribution in [2.75, 3.05) is 11.9 Å². The second-order valence-corrected chi connectivity index (χ2v) is 5.57. The zero-order valence-electron chi connectivity index (χ0n) is 12.4. The van der Waals surface area contributed by atoms with Crippen molar-refractivity contribution >= 4 is 34.3 Å². The van der Waals surface area contributed by atoms with Crippen LogP contribution in [0.25, 0.3) is 21.9 Å². The average Bonchev–Trinajstić information content (AvgIpc) is 2.99.